The molecule has 1 amide bonds. The van der Waals surface area contributed by atoms with Crippen molar-refractivity contribution in [1.29, 1.82) is 0 Å². The van der Waals surface area contributed by atoms with E-state index in [4.69, 9.17) is 0 Å². The van der Waals surface area contributed by atoms with Crippen LogP contribution in [0.25, 0.3) is 4.96 Å². The Hall–Kier alpha value is -1.99. The summed E-state index contributed by atoms with van der Waals surface area (Å²) in [4.78, 5) is 33.8. The minimum absolute atomic E-state index is 0.146. The number of amides is 1. The van der Waals surface area contributed by atoms with Crippen LogP contribution in [0.15, 0.2) is 35.2 Å². The van der Waals surface area contributed by atoms with Crippen molar-refractivity contribution < 1.29 is 4.79 Å². The van der Waals surface area contributed by atoms with E-state index in [1.165, 1.54) is 21.9 Å². The molecule has 7 heteroatoms. The van der Waals surface area contributed by atoms with Gasteiger partial charge in [-0.2, -0.15) is 0 Å². The van der Waals surface area contributed by atoms with Crippen LogP contribution in [-0.4, -0.2) is 57.8 Å². The van der Waals surface area contributed by atoms with E-state index in [-0.39, 0.29) is 17.0 Å². The molecular formula is C15H18N4O2S. The predicted molar refractivity (Wildman–Crippen MR) is 86.5 cm³/mol. The number of nitrogens with zero attached hydrogens (tertiary/aromatic N) is 4. The molecule has 3 heterocycles. The summed E-state index contributed by atoms with van der Waals surface area (Å²) in [7, 11) is 0. The maximum Gasteiger partial charge on any atom is 0.271 e. The molecule has 0 aromatic carbocycles. The van der Waals surface area contributed by atoms with Crippen molar-refractivity contribution in [2.24, 2.45) is 0 Å². The molecular weight excluding hydrogens is 300 g/mol. The summed E-state index contributed by atoms with van der Waals surface area (Å²) >= 11 is 1.38. The van der Waals surface area contributed by atoms with Crippen LogP contribution in [0.4, 0.5) is 0 Å². The molecule has 1 aliphatic heterocycles. The van der Waals surface area contributed by atoms with E-state index < -0.39 is 0 Å². The number of hydrogen-bond donors (Lipinski definition) is 0. The van der Waals surface area contributed by atoms with Gasteiger partial charge in [-0.1, -0.05) is 6.08 Å². The zero-order valence-electron chi connectivity index (χ0n) is 12.3. The molecule has 2 aromatic heterocycles. The highest BCUT2D eigenvalue weighted by molar-refractivity contribution is 7.15. The van der Waals surface area contributed by atoms with Gasteiger partial charge in [-0.05, 0) is 6.42 Å². The fourth-order valence-corrected chi connectivity index (χ4v) is 3.36. The Bertz CT molecular complexity index is 751. The molecule has 0 spiro atoms. The third-order valence-electron chi connectivity index (χ3n) is 3.84. The molecule has 0 N–H and O–H groups in total. The minimum Gasteiger partial charge on any atom is -0.337 e. The quantitative estimate of drug-likeness (QED) is 0.795. The first-order valence-corrected chi connectivity index (χ1v) is 8.16. The van der Waals surface area contributed by atoms with Gasteiger partial charge in [0.2, 0.25) is 0 Å². The molecule has 1 fully saturated rings. The lowest BCUT2D eigenvalue weighted by molar-refractivity contribution is 0.0759. The van der Waals surface area contributed by atoms with Crippen molar-refractivity contribution >= 4 is 22.2 Å². The fraction of sp³-hybridized carbons (Fsp3) is 0.400. The van der Waals surface area contributed by atoms with Gasteiger partial charge in [0.1, 0.15) is 5.56 Å². The number of thiazole rings is 1. The fourth-order valence-electron chi connectivity index (χ4n) is 2.68. The van der Waals surface area contributed by atoms with Crippen LogP contribution in [0.2, 0.25) is 0 Å². The first kappa shape index (κ1) is 14.9. The Labute approximate surface area is 132 Å². The molecule has 116 valence electrons. The Kier molecular flexibility index (Phi) is 4.35. The van der Waals surface area contributed by atoms with Gasteiger partial charge in [0, 0.05) is 50.5 Å². The predicted octanol–water partition coefficient (Wildman–Crippen LogP) is 1.09. The first-order chi connectivity index (χ1) is 10.7. The molecule has 22 heavy (non-hydrogen) atoms. The molecule has 0 saturated carbocycles. The zero-order valence-corrected chi connectivity index (χ0v) is 13.1. The summed E-state index contributed by atoms with van der Waals surface area (Å²) < 4.78 is 1.43. The molecule has 0 unspecified atom stereocenters. The Morgan fingerprint density at radius 1 is 1.36 bits per heavy atom. The van der Waals surface area contributed by atoms with Crippen LogP contribution < -0.4 is 5.56 Å². The number of carbonyl (C=O) groups is 1. The highest BCUT2D eigenvalue weighted by Crippen LogP contribution is 2.09. The van der Waals surface area contributed by atoms with Crippen molar-refractivity contribution in [3.8, 4) is 0 Å². The number of rotatable bonds is 3. The second-order valence-electron chi connectivity index (χ2n) is 5.27. The minimum atomic E-state index is -0.288. The normalized spacial score (nSPS) is 16.6. The standard InChI is InChI=1S/C15H18N4O2S/c1-2-4-17-5-3-6-18(8-7-17)13(20)12-11-16-15-19(14(12)21)9-10-22-15/h2,9-11H,1,3-8H2. The summed E-state index contributed by atoms with van der Waals surface area (Å²) in [5.74, 6) is -0.224. The van der Waals surface area contributed by atoms with Crippen molar-refractivity contribution in [3.05, 3.63) is 46.3 Å². The van der Waals surface area contributed by atoms with E-state index in [2.05, 4.69) is 16.5 Å². The molecule has 1 aliphatic rings. The second kappa shape index (κ2) is 6.41. The van der Waals surface area contributed by atoms with Crippen molar-refractivity contribution in [3.63, 3.8) is 0 Å². The van der Waals surface area contributed by atoms with Crippen molar-refractivity contribution in [2.45, 2.75) is 6.42 Å². The van der Waals surface area contributed by atoms with Crippen molar-refractivity contribution in [1.82, 2.24) is 19.2 Å². The van der Waals surface area contributed by atoms with Crippen LogP contribution in [0.5, 0.6) is 0 Å². The maximum atomic E-state index is 12.6. The van der Waals surface area contributed by atoms with E-state index in [0.717, 1.165) is 26.1 Å². The average molecular weight is 318 g/mol. The molecule has 0 bridgehead atoms. The monoisotopic (exact) mass is 318 g/mol. The Morgan fingerprint density at radius 3 is 3.05 bits per heavy atom. The molecule has 2 aromatic rings. The molecule has 1 saturated heterocycles. The van der Waals surface area contributed by atoms with Gasteiger partial charge < -0.3 is 4.90 Å². The molecule has 0 atom stereocenters. The zero-order chi connectivity index (χ0) is 15.5. The average Bonchev–Trinajstić information content (AvgIpc) is 2.88. The van der Waals surface area contributed by atoms with Gasteiger partial charge in [-0.25, -0.2) is 4.98 Å². The van der Waals surface area contributed by atoms with E-state index in [1.54, 1.807) is 16.5 Å². The van der Waals surface area contributed by atoms with Crippen molar-refractivity contribution in [2.75, 3.05) is 32.7 Å². The number of carbonyl (C=O) groups excluding carboxylic acids is 1. The van der Waals surface area contributed by atoms with Crippen LogP contribution in [0, 0.1) is 0 Å². The number of hydrogen-bond acceptors (Lipinski definition) is 5. The highest BCUT2D eigenvalue weighted by Gasteiger charge is 2.23. The summed E-state index contributed by atoms with van der Waals surface area (Å²) in [6.07, 6.45) is 5.83. The van der Waals surface area contributed by atoms with Crippen LogP contribution in [0.1, 0.15) is 16.8 Å². The summed E-state index contributed by atoms with van der Waals surface area (Å²) in [5.41, 5.74) is -0.142. The molecule has 6 nitrogen and oxygen atoms in total. The SMILES string of the molecule is C=CCN1CCCN(C(=O)c2cnc3sccn3c2=O)CC1. The Balaban J connectivity index is 1.81. The third-order valence-corrected chi connectivity index (χ3v) is 4.61. The van der Waals surface area contributed by atoms with Crippen LogP contribution in [0.3, 0.4) is 0 Å². The van der Waals surface area contributed by atoms with Gasteiger partial charge >= 0.3 is 0 Å². The lowest BCUT2D eigenvalue weighted by Crippen LogP contribution is -2.38. The number of fused-ring (bicyclic) bond motifs is 1. The Morgan fingerprint density at radius 2 is 2.23 bits per heavy atom. The molecule has 3 rings (SSSR count). The molecule has 0 radical (unpaired) electrons. The highest BCUT2D eigenvalue weighted by atomic mass is 32.1. The third kappa shape index (κ3) is 2.82. The number of aromatic nitrogens is 2. The summed E-state index contributed by atoms with van der Waals surface area (Å²) in [6, 6.07) is 0. The largest absolute Gasteiger partial charge is 0.337 e. The van der Waals surface area contributed by atoms with Crippen LogP contribution >= 0.6 is 11.3 Å². The van der Waals surface area contributed by atoms with Gasteiger partial charge in [0.05, 0.1) is 0 Å². The van der Waals surface area contributed by atoms with E-state index in [0.29, 0.717) is 18.1 Å². The lowest BCUT2D eigenvalue weighted by Gasteiger charge is -2.21. The summed E-state index contributed by atoms with van der Waals surface area (Å²) in [5, 5.41) is 1.79. The maximum absolute atomic E-state index is 12.6. The van der Waals surface area contributed by atoms with Gasteiger partial charge in [0.25, 0.3) is 11.5 Å². The molecule has 0 aliphatic carbocycles. The van der Waals surface area contributed by atoms with Gasteiger partial charge in [-0.15, -0.1) is 17.9 Å². The van der Waals surface area contributed by atoms with E-state index in [9.17, 15) is 9.59 Å². The van der Waals surface area contributed by atoms with E-state index >= 15 is 0 Å². The van der Waals surface area contributed by atoms with Crippen LogP contribution in [-0.2, 0) is 0 Å². The smallest absolute Gasteiger partial charge is 0.271 e. The van der Waals surface area contributed by atoms with E-state index in [1.807, 2.05) is 6.08 Å². The second-order valence-corrected chi connectivity index (χ2v) is 6.14. The topological polar surface area (TPSA) is 57.9 Å². The summed E-state index contributed by atoms with van der Waals surface area (Å²) in [6.45, 7) is 7.60. The van der Waals surface area contributed by atoms with Gasteiger partial charge in [-0.3, -0.25) is 18.9 Å². The first-order valence-electron chi connectivity index (χ1n) is 7.28. The van der Waals surface area contributed by atoms with Gasteiger partial charge in [0.15, 0.2) is 4.96 Å². The lowest BCUT2D eigenvalue weighted by atomic mass is 10.2.